The molecule has 380 valence electrons. The molecule has 0 N–H and O–H groups in total. The summed E-state index contributed by atoms with van der Waals surface area (Å²) in [5.74, 6) is 0.843. The average molecular weight is 906 g/mol. The molecule has 0 fully saturated rings. The zero-order valence-electron chi connectivity index (χ0n) is 43.9. The van der Waals surface area contributed by atoms with E-state index in [9.17, 15) is 14.4 Å². The number of unbranched alkanes of at least 4 members (excludes halogenated alkanes) is 37. The lowest BCUT2D eigenvalue weighted by Crippen LogP contribution is -2.30. The molecule has 1 atom stereocenters. The second-order valence-corrected chi connectivity index (χ2v) is 20.9. The topological polar surface area (TPSA) is 78.9 Å². The number of carbonyl (C=O) groups is 3. The first kappa shape index (κ1) is 62.4. The van der Waals surface area contributed by atoms with E-state index in [0.717, 1.165) is 69.6 Å². The van der Waals surface area contributed by atoms with Crippen molar-refractivity contribution in [3.8, 4) is 0 Å². The average Bonchev–Trinajstić information content (AvgIpc) is 3.27. The van der Waals surface area contributed by atoms with Crippen molar-refractivity contribution in [2.75, 3.05) is 13.2 Å². The van der Waals surface area contributed by atoms with Crippen LogP contribution in [0.15, 0.2) is 0 Å². The van der Waals surface area contributed by atoms with Crippen LogP contribution in [-0.2, 0) is 28.6 Å². The van der Waals surface area contributed by atoms with Crippen LogP contribution in [0.4, 0.5) is 0 Å². The highest BCUT2D eigenvalue weighted by Gasteiger charge is 2.19. The Morgan fingerprint density at radius 3 is 0.766 bits per heavy atom. The zero-order valence-corrected chi connectivity index (χ0v) is 43.9. The zero-order chi connectivity index (χ0) is 46.8. The Kier molecular flexibility index (Phi) is 49.6. The minimum Gasteiger partial charge on any atom is -0.462 e. The number of ether oxygens (including phenoxy) is 3. The molecule has 0 saturated carbocycles. The van der Waals surface area contributed by atoms with E-state index in [4.69, 9.17) is 14.2 Å². The summed E-state index contributed by atoms with van der Waals surface area (Å²) in [6, 6.07) is 0. The van der Waals surface area contributed by atoms with Gasteiger partial charge in [0.25, 0.3) is 0 Å². The Bertz CT molecular complexity index is 978. The molecule has 0 aliphatic carbocycles. The van der Waals surface area contributed by atoms with E-state index in [2.05, 4.69) is 34.6 Å². The minimum atomic E-state index is -0.762. The second-order valence-electron chi connectivity index (χ2n) is 20.9. The van der Waals surface area contributed by atoms with Crippen molar-refractivity contribution in [2.24, 2.45) is 11.8 Å². The van der Waals surface area contributed by atoms with Crippen LogP contribution in [0.3, 0.4) is 0 Å². The predicted molar refractivity (Wildman–Crippen MR) is 275 cm³/mol. The van der Waals surface area contributed by atoms with Crippen molar-refractivity contribution >= 4 is 17.9 Å². The molecule has 0 spiro atoms. The van der Waals surface area contributed by atoms with Gasteiger partial charge < -0.3 is 14.2 Å². The van der Waals surface area contributed by atoms with Gasteiger partial charge in [-0.05, 0) is 31.1 Å². The summed E-state index contributed by atoms with van der Waals surface area (Å²) in [6.07, 6.45) is 53.7. The molecule has 0 heterocycles. The number of hydrogen-bond acceptors (Lipinski definition) is 6. The molecule has 0 aliphatic rings. The molecule has 0 radical (unpaired) electrons. The van der Waals surface area contributed by atoms with E-state index in [0.29, 0.717) is 19.3 Å². The normalized spacial score (nSPS) is 12.0. The van der Waals surface area contributed by atoms with Gasteiger partial charge in [-0.25, -0.2) is 0 Å². The lowest BCUT2D eigenvalue weighted by atomic mass is 10.0. The summed E-state index contributed by atoms with van der Waals surface area (Å²) in [5, 5.41) is 0. The van der Waals surface area contributed by atoms with E-state index in [1.807, 2.05) is 0 Å². The van der Waals surface area contributed by atoms with Crippen molar-refractivity contribution in [3.63, 3.8) is 0 Å². The van der Waals surface area contributed by atoms with Crippen LogP contribution in [0.25, 0.3) is 0 Å². The van der Waals surface area contributed by atoms with Gasteiger partial charge in [-0.1, -0.05) is 285 Å². The minimum absolute atomic E-state index is 0.0626. The molecule has 0 aromatic rings. The smallest absolute Gasteiger partial charge is 0.306 e. The van der Waals surface area contributed by atoms with Crippen molar-refractivity contribution in [1.82, 2.24) is 0 Å². The quantitative estimate of drug-likeness (QED) is 0.0344. The number of carbonyl (C=O) groups excluding carboxylic acids is 3. The maximum Gasteiger partial charge on any atom is 0.306 e. The van der Waals surface area contributed by atoms with E-state index in [1.165, 1.54) is 212 Å². The summed E-state index contributed by atoms with van der Waals surface area (Å²) < 4.78 is 16.9. The highest BCUT2D eigenvalue weighted by Crippen LogP contribution is 2.18. The maximum absolute atomic E-state index is 12.8. The third-order valence-corrected chi connectivity index (χ3v) is 13.2. The molecular weight excluding hydrogens is 793 g/mol. The van der Waals surface area contributed by atoms with Gasteiger partial charge in [-0.3, -0.25) is 14.4 Å². The van der Waals surface area contributed by atoms with Gasteiger partial charge in [0.15, 0.2) is 6.10 Å². The number of rotatable bonds is 52. The van der Waals surface area contributed by atoms with Crippen molar-refractivity contribution < 1.29 is 28.6 Å². The first-order valence-electron chi connectivity index (χ1n) is 28.7. The van der Waals surface area contributed by atoms with Crippen molar-refractivity contribution in [3.05, 3.63) is 0 Å². The van der Waals surface area contributed by atoms with Gasteiger partial charge in [0.2, 0.25) is 0 Å². The largest absolute Gasteiger partial charge is 0.462 e. The van der Waals surface area contributed by atoms with Crippen molar-refractivity contribution in [1.29, 1.82) is 0 Å². The third kappa shape index (κ3) is 51.4. The molecule has 0 unspecified atom stereocenters. The van der Waals surface area contributed by atoms with Crippen LogP contribution >= 0.6 is 0 Å². The first-order chi connectivity index (χ1) is 31.2. The van der Waals surface area contributed by atoms with Gasteiger partial charge in [0.1, 0.15) is 13.2 Å². The molecule has 0 aromatic carbocycles. The Morgan fingerprint density at radius 1 is 0.297 bits per heavy atom. The lowest BCUT2D eigenvalue weighted by Gasteiger charge is -2.18. The molecule has 64 heavy (non-hydrogen) atoms. The van der Waals surface area contributed by atoms with Crippen LogP contribution in [0.2, 0.25) is 0 Å². The van der Waals surface area contributed by atoms with E-state index >= 15 is 0 Å². The Morgan fingerprint density at radius 2 is 0.516 bits per heavy atom. The van der Waals surface area contributed by atoms with Crippen molar-refractivity contribution in [2.45, 2.75) is 330 Å². The van der Waals surface area contributed by atoms with Gasteiger partial charge >= 0.3 is 17.9 Å². The van der Waals surface area contributed by atoms with Gasteiger partial charge in [-0.2, -0.15) is 0 Å². The van der Waals surface area contributed by atoms with Crippen LogP contribution in [0.1, 0.15) is 324 Å². The maximum atomic E-state index is 12.8. The van der Waals surface area contributed by atoms with Gasteiger partial charge in [-0.15, -0.1) is 0 Å². The molecule has 0 aliphatic heterocycles. The van der Waals surface area contributed by atoms with Crippen LogP contribution in [0, 0.1) is 11.8 Å². The number of esters is 3. The fourth-order valence-electron chi connectivity index (χ4n) is 8.87. The molecule has 0 rings (SSSR count). The van der Waals surface area contributed by atoms with E-state index in [1.54, 1.807) is 0 Å². The molecule has 6 nitrogen and oxygen atoms in total. The van der Waals surface area contributed by atoms with Gasteiger partial charge in [0, 0.05) is 19.3 Å². The number of hydrogen-bond donors (Lipinski definition) is 0. The van der Waals surface area contributed by atoms with Crippen LogP contribution < -0.4 is 0 Å². The molecule has 0 saturated heterocycles. The van der Waals surface area contributed by atoms with Crippen LogP contribution in [0.5, 0.6) is 0 Å². The van der Waals surface area contributed by atoms with Crippen LogP contribution in [-0.4, -0.2) is 37.2 Å². The SMILES string of the molecule is CCCCCCCCCCCCCCCC(=O)OC[C@@H](COC(=O)CCCCCCCCCCCCCCC(C)C)OC(=O)CCCCCCCCCCCCCCCCCC(C)C. The summed E-state index contributed by atoms with van der Waals surface area (Å²) in [6.45, 7) is 11.4. The summed E-state index contributed by atoms with van der Waals surface area (Å²) in [7, 11) is 0. The standard InChI is InChI=1S/C58H112O6/c1-6-7-8-9-10-11-12-16-23-28-33-38-43-48-56(59)62-51-55(52-63-57(60)49-44-39-34-29-24-20-19-22-27-32-37-42-47-54(4)5)64-58(61)50-45-40-35-30-25-18-15-13-14-17-21-26-31-36-41-46-53(2)3/h53-55H,6-52H2,1-5H3/t55-/m0/s1. The lowest BCUT2D eigenvalue weighted by molar-refractivity contribution is -0.167. The molecular formula is C58H112O6. The fraction of sp³-hybridized carbons (Fsp3) is 0.948. The summed E-state index contributed by atoms with van der Waals surface area (Å²) in [4.78, 5) is 38.1. The first-order valence-corrected chi connectivity index (χ1v) is 28.7. The molecule has 0 amide bonds. The Balaban J connectivity index is 4.29. The highest BCUT2D eigenvalue weighted by molar-refractivity contribution is 5.71. The summed E-state index contributed by atoms with van der Waals surface area (Å²) >= 11 is 0. The van der Waals surface area contributed by atoms with Gasteiger partial charge in [0.05, 0.1) is 0 Å². The van der Waals surface area contributed by atoms with E-state index in [-0.39, 0.29) is 31.1 Å². The third-order valence-electron chi connectivity index (χ3n) is 13.2. The highest BCUT2D eigenvalue weighted by atomic mass is 16.6. The fourth-order valence-corrected chi connectivity index (χ4v) is 8.87. The van der Waals surface area contributed by atoms with E-state index < -0.39 is 6.10 Å². The molecule has 0 aromatic heterocycles. The predicted octanol–water partition coefficient (Wildman–Crippen LogP) is 18.9. The molecule has 0 bridgehead atoms. The Hall–Kier alpha value is -1.59. The monoisotopic (exact) mass is 905 g/mol. The molecule has 6 heteroatoms. The second kappa shape index (κ2) is 50.8. The summed E-state index contributed by atoms with van der Waals surface area (Å²) in [5.41, 5.74) is 0. The Labute approximate surface area is 399 Å².